The molecule has 0 fully saturated rings. The zero-order chi connectivity index (χ0) is 10.0. The molecule has 0 unspecified atom stereocenters. The number of hydrogen-bond donors (Lipinski definition) is 2. The van der Waals surface area contributed by atoms with Crippen molar-refractivity contribution in [1.82, 2.24) is 4.57 Å². The highest BCUT2D eigenvalue weighted by molar-refractivity contribution is 5.89. The Bertz CT molecular complexity index is 419. The van der Waals surface area contributed by atoms with Crippen LogP contribution in [0.15, 0.2) is 23.1 Å². The van der Waals surface area contributed by atoms with E-state index in [9.17, 15) is 14.4 Å². The van der Waals surface area contributed by atoms with Gasteiger partial charge in [-0.05, 0) is 0 Å². The Morgan fingerprint density at radius 3 is 2.38 bits per heavy atom. The minimum atomic E-state index is -1.46. The maximum Gasteiger partial charge on any atom is 0.416 e. The standard InChI is InChI=1S/C7H5NO5/c9-4-1-2-8(7(12)13)5(3-4)6(10)11/h1-3H,(H,10,11)(H,12,13). The molecule has 13 heavy (non-hydrogen) atoms. The van der Waals surface area contributed by atoms with E-state index in [1.165, 1.54) is 0 Å². The van der Waals surface area contributed by atoms with Gasteiger partial charge in [0, 0.05) is 18.3 Å². The zero-order valence-electron chi connectivity index (χ0n) is 6.30. The van der Waals surface area contributed by atoms with Gasteiger partial charge >= 0.3 is 12.1 Å². The monoisotopic (exact) mass is 183 g/mol. The fraction of sp³-hybridized carbons (Fsp3) is 0. The molecule has 2 N–H and O–H groups in total. The first-order valence-electron chi connectivity index (χ1n) is 3.21. The Hall–Kier alpha value is -2.11. The van der Waals surface area contributed by atoms with E-state index < -0.39 is 23.2 Å². The largest absolute Gasteiger partial charge is 0.477 e. The summed E-state index contributed by atoms with van der Waals surface area (Å²) in [6.45, 7) is 0. The third kappa shape index (κ3) is 1.73. The molecular formula is C7H5NO5. The summed E-state index contributed by atoms with van der Waals surface area (Å²) in [5.74, 6) is -1.46. The molecule has 0 aliphatic heterocycles. The van der Waals surface area contributed by atoms with E-state index in [1.807, 2.05) is 0 Å². The number of carbonyl (C=O) groups is 2. The van der Waals surface area contributed by atoms with Crippen molar-refractivity contribution in [2.75, 3.05) is 0 Å². The molecule has 0 aromatic carbocycles. The van der Waals surface area contributed by atoms with Crippen LogP contribution < -0.4 is 5.43 Å². The summed E-state index contributed by atoms with van der Waals surface area (Å²) in [6, 6.07) is 1.72. The summed E-state index contributed by atoms with van der Waals surface area (Å²) < 4.78 is 0.462. The lowest BCUT2D eigenvalue weighted by molar-refractivity contribution is 0.0683. The van der Waals surface area contributed by atoms with Gasteiger partial charge in [0.15, 0.2) is 5.43 Å². The third-order valence-corrected chi connectivity index (χ3v) is 1.35. The van der Waals surface area contributed by atoms with E-state index in [-0.39, 0.29) is 0 Å². The smallest absolute Gasteiger partial charge is 0.416 e. The second-order valence-corrected chi connectivity index (χ2v) is 2.21. The van der Waals surface area contributed by atoms with Gasteiger partial charge in [-0.25, -0.2) is 14.2 Å². The van der Waals surface area contributed by atoms with E-state index in [1.54, 1.807) is 0 Å². The number of hydrogen-bond acceptors (Lipinski definition) is 3. The number of carboxylic acids is 1. The molecule has 1 heterocycles. The van der Waals surface area contributed by atoms with Gasteiger partial charge in [0.25, 0.3) is 0 Å². The molecule has 0 aliphatic rings. The lowest BCUT2D eigenvalue weighted by Gasteiger charge is -2.02. The molecule has 6 nitrogen and oxygen atoms in total. The van der Waals surface area contributed by atoms with Crippen LogP contribution in [0.3, 0.4) is 0 Å². The second kappa shape index (κ2) is 3.10. The number of aromatic carboxylic acids is 1. The highest BCUT2D eigenvalue weighted by Crippen LogP contribution is 1.96. The van der Waals surface area contributed by atoms with Crippen molar-refractivity contribution in [3.8, 4) is 0 Å². The topological polar surface area (TPSA) is 96.6 Å². The van der Waals surface area contributed by atoms with E-state index in [0.29, 0.717) is 4.57 Å². The van der Waals surface area contributed by atoms with Gasteiger partial charge < -0.3 is 10.2 Å². The third-order valence-electron chi connectivity index (χ3n) is 1.35. The average molecular weight is 183 g/mol. The fourth-order valence-electron chi connectivity index (χ4n) is 0.812. The first kappa shape index (κ1) is 8.98. The first-order valence-corrected chi connectivity index (χ1v) is 3.21. The van der Waals surface area contributed by atoms with Crippen LogP contribution in [-0.2, 0) is 0 Å². The van der Waals surface area contributed by atoms with E-state index in [0.717, 1.165) is 18.3 Å². The van der Waals surface area contributed by atoms with E-state index in [2.05, 4.69) is 0 Å². The highest BCUT2D eigenvalue weighted by atomic mass is 16.4. The summed E-state index contributed by atoms with van der Waals surface area (Å²) in [5, 5.41) is 17.0. The van der Waals surface area contributed by atoms with Gasteiger partial charge in [-0.2, -0.15) is 0 Å². The Balaban J connectivity index is 3.44. The number of nitrogens with zero attached hydrogens (tertiary/aromatic N) is 1. The van der Waals surface area contributed by atoms with E-state index >= 15 is 0 Å². The average Bonchev–Trinajstić information content (AvgIpc) is 2.03. The molecule has 6 heteroatoms. The summed E-state index contributed by atoms with van der Waals surface area (Å²) in [5.41, 5.74) is -1.12. The summed E-state index contributed by atoms with van der Waals surface area (Å²) in [7, 11) is 0. The summed E-state index contributed by atoms with van der Waals surface area (Å²) >= 11 is 0. The second-order valence-electron chi connectivity index (χ2n) is 2.21. The van der Waals surface area contributed by atoms with Crippen molar-refractivity contribution in [3.63, 3.8) is 0 Å². The molecule has 1 aromatic rings. The Morgan fingerprint density at radius 2 is 1.92 bits per heavy atom. The van der Waals surface area contributed by atoms with Crippen LogP contribution in [0, 0.1) is 0 Å². The Kier molecular flexibility index (Phi) is 2.14. The maximum atomic E-state index is 10.7. The fourth-order valence-corrected chi connectivity index (χ4v) is 0.812. The van der Waals surface area contributed by atoms with Crippen molar-refractivity contribution >= 4 is 12.1 Å². The molecule has 0 saturated heterocycles. The van der Waals surface area contributed by atoms with E-state index in [4.69, 9.17) is 10.2 Å². The molecule has 0 bridgehead atoms. The molecule has 0 radical (unpaired) electrons. The molecule has 1 rings (SSSR count). The predicted octanol–water partition coefficient (Wildman–Crippen LogP) is 0.0726. The molecular weight excluding hydrogens is 178 g/mol. The number of aromatic nitrogens is 1. The van der Waals surface area contributed by atoms with Crippen LogP contribution in [0.2, 0.25) is 0 Å². The number of carboxylic acid groups (broad SMARTS) is 2. The molecule has 0 saturated carbocycles. The minimum Gasteiger partial charge on any atom is -0.477 e. The molecule has 0 atom stereocenters. The predicted molar refractivity (Wildman–Crippen MR) is 41.1 cm³/mol. The molecule has 1 aromatic heterocycles. The van der Waals surface area contributed by atoms with Crippen molar-refractivity contribution < 1.29 is 19.8 Å². The number of pyridine rings is 1. The molecule has 0 spiro atoms. The van der Waals surface area contributed by atoms with Crippen LogP contribution >= 0.6 is 0 Å². The first-order chi connectivity index (χ1) is 6.02. The van der Waals surface area contributed by atoms with Crippen LogP contribution in [0.25, 0.3) is 0 Å². The van der Waals surface area contributed by atoms with Gasteiger partial charge in [0.05, 0.1) is 0 Å². The molecule has 0 amide bonds. The SMILES string of the molecule is O=C(O)c1cc(=O)ccn1C(=O)O. The zero-order valence-corrected chi connectivity index (χ0v) is 6.30. The summed E-state index contributed by atoms with van der Waals surface area (Å²) in [4.78, 5) is 31.6. The minimum absolute atomic E-state index is 0.462. The molecule has 0 aliphatic carbocycles. The molecule has 68 valence electrons. The van der Waals surface area contributed by atoms with Crippen LogP contribution in [0.1, 0.15) is 10.5 Å². The highest BCUT2D eigenvalue weighted by Gasteiger charge is 2.12. The number of rotatable bonds is 1. The van der Waals surface area contributed by atoms with Crippen molar-refractivity contribution in [2.24, 2.45) is 0 Å². The lowest BCUT2D eigenvalue weighted by atomic mass is 10.3. The van der Waals surface area contributed by atoms with Crippen LogP contribution in [0.5, 0.6) is 0 Å². The summed E-state index contributed by atoms with van der Waals surface area (Å²) in [6.07, 6.45) is -0.550. The van der Waals surface area contributed by atoms with Gasteiger partial charge in [-0.1, -0.05) is 0 Å². The normalized spacial score (nSPS) is 9.54. The van der Waals surface area contributed by atoms with Gasteiger partial charge in [-0.3, -0.25) is 4.79 Å². The van der Waals surface area contributed by atoms with Crippen molar-refractivity contribution in [1.29, 1.82) is 0 Å². The van der Waals surface area contributed by atoms with Gasteiger partial charge in [0.1, 0.15) is 5.69 Å². The lowest BCUT2D eigenvalue weighted by Crippen LogP contribution is -2.20. The van der Waals surface area contributed by atoms with Crippen LogP contribution in [0.4, 0.5) is 4.79 Å². The van der Waals surface area contributed by atoms with Crippen LogP contribution in [-0.4, -0.2) is 26.8 Å². The quantitative estimate of drug-likeness (QED) is 0.642. The Morgan fingerprint density at radius 1 is 1.31 bits per heavy atom. The van der Waals surface area contributed by atoms with Crippen molar-refractivity contribution in [3.05, 3.63) is 34.2 Å². The van der Waals surface area contributed by atoms with Gasteiger partial charge in [-0.15, -0.1) is 0 Å². The van der Waals surface area contributed by atoms with Gasteiger partial charge in [0.2, 0.25) is 0 Å². The van der Waals surface area contributed by atoms with Crippen molar-refractivity contribution in [2.45, 2.75) is 0 Å². The Labute approximate surface area is 71.7 Å². The maximum absolute atomic E-state index is 10.7.